The number of imidazole rings is 1. The number of benzene rings is 2. The summed E-state index contributed by atoms with van der Waals surface area (Å²) < 4.78 is 7.30. The van der Waals surface area contributed by atoms with Crippen LogP contribution in [0.25, 0.3) is 0 Å². The largest absolute Gasteiger partial charge is 0.497 e. The highest BCUT2D eigenvalue weighted by molar-refractivity contribution is 7.80. The highest BCUT2D eigenvalue weighted by Gasteiger charge is 2.13. The normalized spacial score (nSPS) is 10.6. The van der Waals surface area contributed by atoms with Gasteiger partial charge in [-0.15, -0.1) is 0 Å². The molecule has 1 aromatic heterocycles. The number of ether oxygens (including phenoxy) is 1. The van der Waals surface area contributed by atoms with Gasteiger partial charge in [0.15, 0.2) is 5.11 Å². The molecule has 164 valence electrons. The first-order valence-electron chi connectivity index (χ1n) is 10.1. The van der Waals surface area contributed by atoms with Crippen LogP contribution >= 0.6 is 23.8 Å². The topological polar surface area (TPSA) is 45.6 Å². The van der Waals surface area contributed by atoms with Gasteiger partial charge in [-0.1, -0.05) is 23.7 Å². The summed E-state index contributed by atoms with van der Waals surface area (Å²) >= 11 is 12.2. The van der Waals surface area contributed by atoms with Gasteiger partial charge >= 0.3 is 0 Å². The standard InChI is InChI=1S/C23H28ClN5OS/c1-27(2)19-7-5-18(6-8-19)16-29(13-4-12-28-14-11-25-17-28)23(31)26-22-10-9-20(30-3)15-21(22)24/h5-11,14-15,17H,4,12-13,16H2,1-3H3,(H,26,31). The maximum absolute atomic E-state index is 6.40. The van der Waals surface area contributed by atoms with Crippen molar-refractivity contribution in [3.05, 3.63) is 71.8 Å². The molecule has 0 radical (unpaired) electrons. The number of aromatic nitrogens is 2. The highest BCUT2D eigenvalue weighted by atomic mass is 35.5. The second-order valence-corrected chi connectivity index (χ2v) is 8.21. The van der Waals surface area contributed by atoms with Crippen LogP contribution in [0.2, 0.25) is 5.02 Å². The summed E-state index contributed by atoms with van der Waals surface area (Å²) in [6.07, 6.45) is 6.53. The van der Waals surface area contributed by atoms with Gasteiger partial charge in [-0.05, 0) is 48.5 Å². The monoisotopic (exact) mass is 457 g/mol. The van der Waals surface area contributed by atoms with Crippen LogP contribution in [0.1, 0.15) is 12.0 Å². The van der Waals surface area contributed by atoms with Crippen LogP contribution in [-0.2, 0) is 13.1 Å². The number of halogens is 1. The van der Waals surface area contributed by atoms with Gasteiger partial charge in [0.25, 0.3) is 0 Å². The van der Waals surface area contributed by atoms with Crippen molar-refractivity contribution in [2.45, 2.75) is 19.5 Å². The lowest BCUT2D eigenvalue weighted by atomic mass is 10.2. The summed E-state index contributed by atoms with van der Waals surface area (Å²) in [5.41, 5.74) is 3.12. The van der Waals surface area contributed by atoms with Crippen molar-refractivity contribution in [1.29, 1.82) is 0 Å². The van der Waals surface area contributed by atoms with Crippen molar-refractivity contribution in [1.82, 2.24) is 14.5 Å². The molecule has 0 fully saturated rings. The average molecular weight is 458 g/mol. The van der Waals surface area contributed by atoms with E-state index in [2.05, 4.69) is 48.9 Å². The minimum atomic E-state index is 0.565. The Bertz CT molecular complexity index is 976. The number of anilines is 2. The minimum absolute atomic E-state index is 0.565. The van der Waals surface area contributed by atoms with Crippen molar-refractivity contribution in [3.63, 3.8) is 0 Å². The summed E-state index contributed by atoms with van der Waals surface area (Å²) in [7, 11) is 5.69. The van der Waals surface area contributed by atoms with E-state index in [0.717, 1.165) is 25.2 Å². The predicted octanol–water partition coefficient (Wildman–Crippen LogP) is 4.90. The van der Waals surface area contributed by atoms with Crippen molar-refractivity contribution in [2.75, 3.05) is 38.0 Å². The first-order chi connectivity index (χ1) is 15.0. The molecule has 0 aliphatic heterocycles. The Labute approximate surface area is 194 Å². The molecule has 8 heteroatoms. The zero-order valence-electron chi connectivity index (χ0n) is 18.1. The molecule has 0 spiro atoms. The first-order valence-corrected chi connectivity index (χ1v) is 10.9. The fourth-order valence-electron chi connectivity index (χ4n) is 3.15. The van der Waals surface area contributed by atoms with E-state index in [1.54, 1.807) is 19.4 Å². The highest BCUT2D eigenvalue weighted by Crippen LogP contribution is 2.27. The van der Waals surface area contributed by atoms with Gasteiger partial charge < -0.3 is 24.4 Å². The fraction of sp³-hybridized carbons (Fsp3) is 0.304. The first kappa shape index (κ1) is 22.9. The van der Waals surface area contributed by atoms with E-state index in [0.29, 0.717) is 22.4 Å². The van der Waals surface area contributed by atoms with E-state index in [1.807, 2.05) is 38.8 Å². The molecule has 0 amide bonds. The number of methoxy groups -OCH3 is 1. The number of thiocarbonyl (C=S) groups is 1. The molecule has 0 saturated carbocycles. The maximum Gasteiger partial charge on any atom is 0.173 e. The van der Waals surface area contributed by atoms with Crippen molar-refractivity contribution in [3.8, 4) is 5.75 Å². The Morgan fingerprint density at radius 1 is 1.19 bits per heavy atom. The molecular formula is C23H28ClN5OS. The third-order valence-corrected chi connectivity index (χ3v) is 5.61. The molecule has 0 atom stereocenters. The maximum atomic E-state index is 6.40. The van der Waals surface area contributed by atoms with Crippen molar-refractivity contribution < 1.29 is 4.74 Å². The van der Waals surface area contributed by atoms with Gasteiger partial charge in [-0.3, -0.25) is 0 Å². The molecule has 3 rings (SSSR count). The second kappa shape index (κ2) is 11.0. The summed E-state index contributed by atoms with van der Waals surface area (Å²) in [6, 6.07) is 14.0. The Hall–Kier alpha value is -2.77. The molecule has 31 heavy (non-hydrogen) atoms. The van der Waals surface area contributed by atoms with E-state index in [4.69, 9.17) is 28.6 Å². The van der Waals surface area contributed by atoms with Crippen LogP contribution in [0.4, 0.5) is 11.4 Å². The molecule has 0 bridgehead atoms. The summed E-state index contributed by atoms with van der Waals surface area (Å²) in [5.74, 6) is 0.708. The third-order valence-electron chi connectivity index (χ3n) is 4.93. The summed E-state index contributed by atoms with van der Waals surface area (Å²) in [6.45, 7) is 2.38. The number of aryl methyl sites for hydroxylation is 1. The molecule has 0 aliphatic rings. The van der Waals surface area contributed by atoms with E-state index < -0.39 is 0 Å². The Morgan fingerprint density at radius 3 is 2.58 bits per heavy atom. The summed E-state index contributed by atoms with van der Waals surface area (Å²) in [5, 5.41) is 4.50. The molecular weight excluding hydrogens is 430 g/mol. The molecule has 3 aromatic rings. The Balaban J connectivity index is 1.70. The van der Waals surface area contributed by atoms with E-state index in [1.165, 1.54) is 11.3 Å². The number of hydrogen-bond donors (Lipinski definition) is 1. The number of rotatable bonds is 9. The van der Waals surface area contributed by atoms with Crippen molar-refractivity contribution in [2.24, 2.45) is 0 Å². The Morgan fingerprint density at radius 2 is 1.97 bits per heavy atom. The van der Waals surface area contributed by atoms with Gasteiger partial charge in [0.05, 0.1) is 24.1 Å². The number of nitrogens with zero attached hydrogens (tertiary/aromatic N) is 4. The third kappa shape index (κ3) is 6.60. The minimum Gasteiger partial charge on any atom is -0.497 e. The lowest BCUT2D eigenvalue weighted by Gasteiger charge is -2.27. The molecule has 2 aromatic carbocycles. The van der Waals surface area contributed by atoms with E-state index in [9.17, 15) is 0 Å². The van der Waals surface area contributed by atoms with E-state index >= 15 is 0 Å². The average Bonchev–Trinajstić information content (AvgIpc) is 3.28. The number of hydrogen-bond acceptors (Lipinski definition) is 4. The van der Waals surface area contributed by atoms with Gasteiger partial charge in [-0.25, -0.2) is 4.98 Å². The van der Waals surface area contributed by atoms with Crippen LogP contribution in [0.5, 0.6) is 5.75 Å². The molecule has 0 saturated heterocycles. The van der Waals surface area contributed by atoms with Gasteiger partial charge in [0.2, 0.25) is 0 Å². The van der Waals surface area contributed by atoms with Crippen LogP contribution in [0.15, 0.2) is 61.2 Å². The fourth-order valence-corrected chi connectivity index (χ4v) is 3.64. The molecule has 0 unspecified atom stereocenters. The molecule has 6 nitrogen and oxygen atoms in total. The predicted molar refractivity (Wildman–Crippen MR) is 132 cm³/mol. The lowest BCUT2D eigenvalue weighted by Crippen LogP contribution is -2.35. The lowest BCUT2D eigenvalue weighted by molar-refractivity contribution is 0.396. The zero-order chi connectivity index (χ0) is 22.2. The van der Waals surface area contributed by atoms with E-state index in [-0.39, 0.29) is 0 Å². The van der Waals surface area contributed by atoms with Crippen molar-refractivity contribution >= 4 is 40.3 Å². The molecule has 0 aliphatic carbocycles. The zero-order valence-corrected chi connectivity index (χ0v) is 19.7. The van der Waals surface area contributed by atoms with Crippen LogP contribution < -0.4 is 15.0 Å². The quantitative estimate of drug-likeness (QED) is 0.461. The molecule has 1 N–H and O–H groups in total. The second-order valence-electron chi connectivity index (χ2n) is 7.41. The van der Waals surface area contributed by atoms with Crippen LogP contribution in [0, 0.1) is 0 Å². The SMILES string of the molecule is COc1ccc(NC(=S)N(CCCn2ccnc2)Cc2ccc(N(C)C)cc2)c(Cl)c1. The van der Waals surface area contributed by atoms with Crippen LogP contribution in [0.3, 0.4) is 0 Å². The molecule has 1 heterocycles. The van der Waals surface area contributed by atoms with Gasteiger partial charge in [-0.2, -0.15) is 0 Å². The number of nitrogens with one attached hydrogen (secondary N) is 1. The summed E-state index contributed by atoms with van der Waals surface area (Å²) in [4.78, 5) is 8.36. The Kier molecular flexibility index (Phi) is 8.14. The smallest absolute Gasteiger partial charge is 0.173 e. The van der Waals surface area contributed by atoms with Gasteiger partial charge in [0, 0.05) is 57.9 Å². The van der Waals surface area contributed by atoms with Gasteiger partial charge in [0.1, 0.15) is 5.75 Å². The van der Waals surface area contributed by atoms with Crippen LogP contribution in [-0.4, -0.2) is 47.3 Å².